The quantitative estimate of drug-likeness (QED) is 0.790. The summed E-state index contributed by atoms with van der Waals surface area (Å²) in [6.45, 7) is 0.687. The summed E-state index contributed by atoms with van der Waals surface area (Å²) < 4.78 is 0. The van der Waals surface area contributed by atoms with Crippen LogP contribution in [0.2, 0.25) is 0 Å². The summed E-state index contributed by atoms with van der Waals surface area (Å²) >= 11 is 0. The van der Waals surface area contributed by atoms with E-state index < -0.39 is 6.23 Å². The number of rotatable bonds is 5. The van der Waals surface area contributed by atoms with Gasteiger partial charge in [-0.05, 0) is 24.8 Å². The fourth-order valence-electron chi connectivity index (χ4n) is 2.25. The lowest BCUT2D eigenvalue weighted by Crippen LogP contribution is -2.33. The molecular weight excluding hydrogens is 214 g/mol. The molecule has 1 unspecified atom stereocenters. The van der Waals surface area contributed by atoms with E-state index in [1.807, 2.05) is 18.2 Å². The molecule has 92 valence electrons. The Bertz CT molecular complexity index is 364. The lowest BCUT2D eigenvalue weighted by atomic mass is 10.1. The molecule has 1 aromatic rings. The van der Waals surface area contributed by atoms with E-state index in [2.05, 4.69) is 12.1 Å². The van der Waals surface area contributed by atoms with Crippen molar-refractivity contribution in [3.8, 4) is 0 Å². The maximum Gasteiger partial charge on any atom is 0.224 e. The molecule has 3 heteroatoms. The van der Waals surface area contributed by atoms with Crippen LogP contribution in [0.5, 0.6) is 0 Å². The third kappa shape index (κ3) is 3.30. The van der Waals surface area contributed by atoms with Crippen LogP contribution in [-0.4, -0.2) is 28.7 Å². The Morgan fingerprint density at radius 2 is 2.00 bits per heavy atom. The molecule has 0 saturated carbocycles. The molecular formula is C14H19NO2. The topological polar surface area (TPSA) is 40.5 Å². The predicted octanol–water partition coefficient (Wildman–Crippen LogP) is 1.95. The first-order valence-corrected chi connectivity index (χ1v) is 6.29. The largest absolute Gasteiger partial charge is 0.374 e. The van der Waals surface area contributed by atoms with E-state index in [-0.39, 0.29) is 5.91 Å². The lowest BCUT2D eigenvalue weighted by molar-refractivity contribution is -0.133. The molecule has 0 spiro atoms. The molecule has 1 aromatic carbocycles. The molecule has 0 aromatic heterocycles. The number of carbonyl (C=O) groups excluding carboxylic acids is 1. The number of carbonyl (C=O) groups is 1. The Labute approximate surface area is 102 Å². The third-order valence-electron chi connectivity index (χ3n) is 3.25. The smallest absolute Gasteiger partial charge is 0.224 e. The maximum atomic E-state index is 11.4. The van der Waals surface area contributed by atoms with Gasteiger partial charge >= 0.3 is 0 Å². The number of aliphatic hydroxyl groups excluding tert-OH is 1. The molecule has 1 aliphatic heterocycles. The van der Waals surface area contributed by atoms with Crippen LogP contribution in [0.3, 0.4) is 0 Å². The van der Waals surface area contributed by atoms with Gasteiger partial charge in [0.1, 0.15) is 6.23 Å². The number of nitrogens with zero attached hydrogens (tertiary/aromatic N) is 1. The second-order valence-electron chi connectivity index (χ2n) is 4.55. The Morgan fingerprint density at radius 1 is 1.24 bits per heavy atom. The molecule has 0 aliphatic carbocycles. The van der Waals surface area contributed by atoms with Crippen LogP contribution < -0.4 is 0 Å². The second-order valence-corrected chi connectivity index (χ2v) is 4.55. The summed E-state index contributed by atoms with van der Waals surface area (Å²) in [4.78, 5) is 13.0. The van der Waals surface area contributed by atoms with Crippen LogP contribution in [0, 0.1) is 0 Å². The first kappa shape index (κ1) is 12.1. The molecule has 0 bridgehead atoms. The van der Waals surface area contributed by atoms with Gasteiger partial charge in [0, 0.05) is 19.4 Å². The highest BCUT2D eigenvalue weighted by Crippen LogP contribution is 2.17. The zero-order valence-corrected chi connectivity index (χ0v) is 10.0. The highest BCUT2D eigenvalue weighted by atomic mass is 16.3. The van der Waals surface area contributed by atoms with Crippen LogP contribution in [0.25, 0.3) is 0 Å². The molecule has 0 radical (unpaired) electrons. The van der Waals surface area contributed by atoms with Crippen LogP contribution in [-0.2, 0) is 11.2 Å². The first-order chi connectivity index (χ1) is 8.27. The molecule has 1 amide bonds. The van der Waals surface area contributed by atoms with Crippen molar-refractivity contribution in [1.29, 1.82) is 0 Å². The minimum atomic E-state index is -0.542. The molecule has 3 nitrogen and oxygen atoms in total. The predicted molar refractivity (Wildman–Crippen MR) is 66.3 cm³/mol. The standard InChI is InChI=1S/C14H19NO2/c16-13-9-10-14(17)15(13)11-5-4-8-12-6-2-1-3-7-12/h1-3,6-7,13,16H,4-5,8-11H2. The van der Waals surface area contributed by atoms with Crippen LogP contribution in [0.15, 0.2) is 30.3 Å². The van der Waals surface area contributed by atoms with Gasteiger partial charge in [0.25, 0.3) is 0 Å². The number of benzene rings is 1. The summed E-state index contributed by atoms with van der Waals surface area (Å²) in [5.74, 6) is 0.0946. The van der Waals surface area contributed by atoms with E-state index in [1.165, 1.54) is 5.56 Å². The Morgan fingerprint density at radius 3 is 2.65 bits per heavy atom. The van der Waals surface area contributed by atoms with E-state index >= 15 is 0 Å². The van der Waals surface area contributed by atoms with Gasteiger partial charge in [-0.3, -0.25) is 4.79 Å². The van der Waals surface area contributed by atoms with E-state index in [0.717, 1.165) is 19.3 Å². The van der Waals surface area contributed by atoms with Gasteiger partial charge in [-0.15, -0.1) is 0 Å². The van der Waals surface area contributed by atoms with Crippen molar-refractivity contribution in [3.63, 3.8) is 0 Å². The number of aryl methyl sites for hydroxylation is 1. The highest BCUT2D eigenvalue weighted by molar-refractivity contribution is 5.78. The monoisotopic (exact) mass is 233 g/mol. The lowest BCUT2D eigenvalue weighted by Gasteiger charge is -2.20. The fraction of sp³-hybridized carbons (Fsp3) is 0.500. The second kappa shape index (κ2) is 5.82. The number of hydrogen-bond acceptors (Lipinski definition) is 2. The van der Waals surface area contributed by atoms with Crippen molar-refractivity contribution >= 4 is 5.91 Å². The zero-order valence-electron chi connectivity index (χ0n) is 10.0. The van der Waals surface area contributed by atoms with Gasteiger partial charge in [0.2, 0.25) is 5.91 Å². The Hall–Kier alpha value is -1.35. The number of likely N-dealkylation sites (tertiary alicyclic amines) is 1. The fourth-order valence-corrected chi connectivity index (χ4v) is 2.25. The molecule has 1 aliphatic rings. The first-order valence-electron chi connectivity index (χ1n) is 6.29. The van der Waals surface area contributed by atoms with Crippen molar-refractivity contribution in [1.82, 2.24) is 4.90 Å². The molecule has 1 atom stereocenters. The molecule has 1 N–H and O–H groups in total. The van der Waals surface area contributed by atoms with Gasteiger partial charge in [0.05, 0.1) is 0 Å². The summed E-state index contributed by atoms with van der Waals surface area (Å²) in [5.41, 5.74) is 1.33. The number of unbranched alkanes of at least 4 members (excludes halogenated alkanes) is 1. The summed E-state index contributed by atoms with van der Waals surface area (Å²) in [5, 5.41) is 9.58. The van der Waals surface area contributed by atoms with Crippen molar-refractivity contribution in [2.45, 2.75) is 38.3 Å². The van der Waals surface area contributed by atoms with E-state index in [4.69, 9.17) is 0 Å². The third-order valence-corrected chi connectivity index (χ3v) is 3.25. The van der Waals surface area contributed by atoms with Gasteiger partial charge < -0.3 is 10.0 Å². The highest BCUT2D eigenvalue weighted by Gasteiger charge is 2.28. The summed E-state index contributed by atoms with van der Waals surface area (Å²) in [6.07, 6.45) is 3.60. The maximum absolute atomic E-state index is 11.4. The Kier molecular flexibility index (Phi) is 4.15. The molecule has 1 fully saturated rings. The van der Waals surface area contributed by atoms with E-state index in [9.17, 15) is 9.90 Å². The molecule has 1 saturated heterocycles. The van der Waals surface area contributed by atoms with Gasteiger partial charge in [-0.25, -0.2) is 0 Å². The average molecular weight is 233 g/mol. The van der Waals surface area contributed by atoms with Crippen molar-refractivity contribution in [2.75, 3.05) is 6.54 Å². The van der Waals surface area contributed by atoms with Gasteiger partial charge in [-0.1, -0.05) is 30.3 Å². The minimum absolute atomic E-state index is 0.0946. The van der Waals surface area contributed by atoms with Gasteiger partial charge in [0.15, 0.2) is 0 Å². The number of aliphatic hydroxyl groups is 1. The van der Waals surface area contributed by atoms with Crippen LogP contribution in [0.4, 0.5) is 0 Å². The normalized spacial score (nSPS) is 19.9. The SMILES string of the molecule is O=C1CCC(O)N1CCCCc1ccccc1. The Balaban J connectivity index is 1.68. The minimum Gasteiger partial charge on any atom is -0.374 e. The molecule has 1 heterocycles. The van der Waals surface area contributed by atoms with E-state index in [0.29, 0.717) is 19.4 Å². The zero-order chi connectivity index (χ0) is 12.1. The van der Waals surface area contributed by atoms with Crippen molar-refractivity contribution < 1.29 is 9.90 Å². The van der Waals surface area contributed by atoms with Gasteiger partial charge in [-0.2, -0.15) is 0 Å². The van der Waals surface area contributed by atoms with Crippen LogP contribution in [0.1, 0.15) is 31.2 Å². The number of hydrogen-bond donors (Lipinski definition) is 1. The average Bonchev–Trinajstić information content (AvgIpc) is 2.67. The van der Waals surface area contributed by atoms with Crippen LogP contribution >= 0.6 is 0 Å². The molecule has 2 rings (SSSR count). The van der Waals surface area contributed by atoms with E-state index in [1.54, 1.807) is 4.90 Å². The summed E-state index contributed by atoms with van der Waals surface area (Å²) in [7, 11) is 0. The van der Waals surface area contributed by atoms with Crippen molar-refractivity contribution in [2.24, 2.45) is 0 Å². The summed E-state index contributed by atoms with van der Waals surface area (Å²) in [6, 6.07) is 10.3. The molecule has 17 heavy (non-hydrogen) atoms. The number of amides is 1. The van der Waals surface area contributed by atoms with Crippen molar-refractivity contribution in [3.05, 3.63) is 35.9 Å².